The summed E-state index contributed by atoms with van der Waals surface area (Å²) in [6.07, 6.45) is 0.826. The molecule has 0 fully saturated rings. The molecular weight excluding hydrogens is 280 g/mol. The normalized spacial score (nSPS) is 12.4. The van der Waals surface area contributed by atoms with Crippen LogP contribution in [0.25, 0.3) is 0 Å². The van der Waals surface area contributed by atoms with Gasteiger partial charge in [-0.15, -0.1) is 0 Å². The zero-order valence-corrected chi connectivity index (χ0v) is 13.9. The van der Waals surface area contributed by atoms with Crippen LogP contribution in [0.2, 0.25) is 0 Å². The smallest absolute Gasteiger partial charge is 0.206 e. The molecule has 0 saturated heterocycles. The van der Waals surface area contributed by atoms with Crippen LogP contribution in [0.5, 0.6) is 0 Å². The quantitative estimate of drug-likeness (QED) is 0.843. The summed E-state index contributed by atoms with van der Waals surface area (Å²) in [7, 11) is -3.43. The first kappa shape index (κ1) is 15.8. The second-order valence-electron chi connectivity index (χ2n) is 6.28. The Kier molecular flexibility index (Phi) is 4.24. The van der Waals surface area contributed by atoms with Crippen molar-refractivity contribution in [1.82, 2.24) is 0 Å². The Balaban J connectivity index is 2.44. The molecule has 0 amide bonds. The van der Waals surface area contributed by atoms with Gasteiger partial charge in [0.15, 0.2) is 0 Å². The molecule has 2 nitrogen and oxygen atoms in total. The third kappa shape index (κ3) is 3.35. The molecule has 0 spiro atoms. The average molecular weight is 302 g/mol. The summed E-state index contributed by atoms with van der Waals surface area (Å²) in [5, 5.41) is 0. The van der Waals surface area contributed by atoms with E-state index < -0.39 is 9.84 Å². The van der Waals surface area contributed by atoms with E-state index in [4.69, 9.17) is 0 Å². The molecule has 0 aliphatic carbocycles. The number of sulfone groups is 1. The predicted octanol–water partition coefficient (Wildman–Crippen LogP) is 4.38. The summed E-state index contributed by atoms with van der Waals surface area (Å²) in [4.78, 5) is 0.717. The van der Waals surface area contributed by atoms with Crippen LogP contribution in [-0.4, -0.2) is 8.42 Å². The standard InChI is InChI=1S/C18H22O2S/c1-5-14-7-6-8-17(13-14)21(19,20)16-11-9-15(10-12-16)18(2,3)4/h6-13H,5H2,1-4H3. The van der Waals surface area contributed by atoms with Crippen LogP contribution in [0, 0.1) is 0 Å². The van der Waals surface area contributed by atoms with Gasteiger partial charge in [-0.1, -0.05) is 52.0 Å². The number of aryl methyl sites for hydroxylation is 1. The predicted molar refractivity (Wildman–Crippen MR) is 86.4 cm³/mol. The molecule has 0 bridgehead atoms. The van der Waals surface area contributed by atoms with Crippen molar-refractivity contribution in [3.05, 3.63) is 59.7 Å². The van der Waals surface area contributed by atoms with E-state index in [-0.39, 0.29) is 5.41 Å². The Morgan fingerprint density at radius 2 is 1.52 bits per heavy atom. The zero-order chi connectivity index (χ0) is 15.7. The average Bonchev–Trinajstić information content (AvgIpc) is 2.46. The van der Waals surface area contributed by atoms with Crippen LogP contribution in [0.3, 0.4) is 0 Å². The maximum Gasteiger partial charge on any atom is 0.206 e. The van der Waals surface area contributed by atoms with Crippen LogP contribution in [0.1, 0.15) is 38.8 Å². The number of rotatable bonds is 3. The molecule has 21 heavy (non-hydrogen) atoms. The van der Waals surface area contributed by atoms with Gasteiger partial charge >= 0.3 is 0 Å². The second-order valence-corrected chi connectivity index (χ2v) is 8.23. The molecule has 0 radical (unpaired) electrons. The molecule has 3 heteroatoms. The first-order valence-corrected chi connectivity index (χ1v) is 8.68. The molecule has 0 saturated carbocycles. The van der Waals surface area contributed by atoms with Gasteiger partial charge in [-0.2, -0.15) is 0 Å². The van der Waals surface area contributed by atoms with E-state index in [0.29, 0.717) is 9.79 Å². The van der Waals surface area contributed by atoms with Crippen molar-refractivity contribution >= 4 is 9.84 Å². The van der Waals surface area contributed by atoms with Crippen LogP contribution >= 0.6 is 0 Å². The first-order chi connectivity index (χ1) is 9.75. The SMILES string of the molecule is CCc1cccc(S(=O)(=O)c2ccc(C(C)(C)C)cc2)c1. The Labute approximate surface area is 127 Å². The number of benzene rings is 2. The summed E-state index contributed by atoms with van der Waals surface area (Å²) >= 11 is 0. The molecule has 2 aromatic carbocycles. The van der Waals surface area contributed by atoms with Gasteiger partial charge in [0.05, 0.1) is 9.79 Å². The van der Waals surface area contributed by atoms with Gasteiger partial charge in [0.25, 0.3) is 0 Å². The highest BCUT2D eigenvalue weighted by molar-refractivity contribution is 7.91. The molecule has 112 valence electrons. The largest absolute Gasteiger partial charge is 0.219 e. The minimum absolute atomic E-state index is 0.0183. The van der Waals surface area contributed by atoms with E-state index >= 15 is 0 Å². The lowest BCUT2D eigenvalue weighted by molar-refractivity contribution is 0.586. The molecule has 0 atom stereocenters. The Bertz CT molecular complexity index is 721. The lowest BCUT2D eigenvalue weighted by Crippen LogP contribution is -2.11. The zero-order valence-electron chi connectivity index (χ0n) is 13.1. The minimum Gasteiger partial charge on any atom is -0.219 e. The number of hydrogen-bond donors (Lipinski definition) is 0. The molecule has 0 unspecified atom stereocenters. The van der Waals surface area contributed by atoms with E-state index in [1.807, 2.05) is 25.1 Å². The fraction of sp³-hybridized carbons (Fsp3) is 0.333. The highest BCUT2D eigenvalue weighted by Gasteiger charge is 2.19. The lowest BCUT2D eigenvalue weighted by Gasteiger charge is -2.19. The van der Waals surface area contributed by atoms with Gasteiger partial charge in [0.1, 0.15) is 0 Å². The highest BCUT2D eigenvalue weighted by atomic mass is 32.2. The molecule has 0 aliphatic rings. The van der Waals surface area contributed by atoms with Crippen molar-refractivity contribution in [2.45, 2.75) is 49.3 Å². The molecule has 2 rings (SSSR count). The van der Waals surface area contributed by atoms with E-state index in [1.54, 1.807) is 30.3 Å². The van der Waals surface area contributed by atoms with E-state index in [0.717, 1.165) is 17.5 Å². The summed E-state index contributed by atoms with van der Waals surface area (Å²) in [6.45, 7) is 8.35. The lowest BCUT2D eigenvalue weighted by atomic mass is 9.87. The minimum atomic E-state index is -3.43. The Hall–Kier alpha value is -1.61. The van der Waals surface area contributed by atoms with Gasteiger partial charge in [-0.25, -0.2) is 8.42 Å². The third-order valence-corrected chi connectivity index (χ3v) is 5.41. The monoisotopic (exact) mass is 302 g/mol. The molecule has 0 heterocycles. The van der Waals surface area contributed by atoms with E-state index in [2.05, 4.69) is 20.8 Å². The fourth-order valence-corrected chi connectivity index (χ4v) is 3.53. The fourth-order valence-electron chi connectivity index (χ4n) is 2.20. The Morgan fingerprint density at radius 1 is 0.905 bits per heavy atom. The van der Waals surface area contributed by atoms with Crippen LogP contribution in [-0.2, 0) is 21.7 Å². The number of hydrogen-bond acceptors (Lipinski definition) is 2. The summed E-state index contributed by atoms with van der Waals surface area (Å²) < 4.78 is 25.3. The van der Waals surface area contributed by atoms with Crippen LogP contribution < -0.4 is 0 Å². The van der Waals surface area contributed by atoms with Gasteiger partial charge in [0, 0.05) is 0 Å². The van der Waals surface area contributed by atoms with Crippen molar-refractivity contribution in [3.8, 4) is 0 Å². The van der Waals surface area contributed by atoms with Crippen molar-refractivity contribution in [2.75, 3.05) is 0 Å². The van der Waals surface area contributed by atoms with Crippen molar-refractivity contribution < 1.29 is 8.42 Å². The van der Waals surface area contributed by atoms with Crippen LogP contribution in [0.15, 0.2) is 58.3 Å². The summed E-state index contributed by atoms with van der Waals surface area (Å²) in [5.74, 6) is 0. The Morgan fingerprint density at radius 3 is 2.05 bits per heavy atom. The van der Waals surface area contributed by atoms with Gasteiger partial charge in [0.2, 0.25) is 9.84 Å². The molecule has 2 aromatic rings. The van der Waals surface area contributed by atoms with Gasteiger partial charge in [-0.3, -0.25) is 0 Å². The third-order valence-electron chi connectivity index (χ3n) is 3.65. The van der Waals surface area contributed by atoms with Crippen molar-refractivity contribution in [3.63, 3.8) is 0 Å². The van der Waals surface area contributed by atoms with Gasteiger partial charge in [-0.05, 0) is 47.2 Å². The topological polar surface area (TPSA) is 34.1 Å². The first-order valence-electron chi connectivity index (χ1n) is 7.19. The van der Waals surface area contributed by atoms with Gasteiger partial charge < -0.3 is 0 Å². The van der Waals surface area contributed by atoms with E-state index in [9.17, 15) is 8.42 Å². The summed E-state index contributed by atoms with van der Waals surface area (Å²) in [6, 6.07) is 14.4. The van der Waals surface area contributed by atoms with Crippen molar-refractivity contribution in [1.29, 1.82) is 0 Å². The summed E-state index contributed by atoms with van der Waals surface area (Å²) in [5.41, 5.74) is 2.18. The second kappa shape index (κ2) is 5.64. The maximum atomic E-state index is 12.7. The van der Waals surface area contributed by atoms with Crippen molar-refractivity contribution in [2.24, 2.45) is 0 Å². The molecular formula is C18H22O2S. The molecule has 0 aromatic heterocycles. The maximum absolute atomic E-state index is 12.7. The molecule has 0 aliphatic heterocycles. The van der Waals surface area contributed by atoms with E-state index in [1.165, 1.54) is 0 Å². The molecule has 0 N–H and O–H groups in total. The highest BCUT2D eigenvalue weighted by Crippen LogP contribution is 2.26. The van der Waals surface area contributed by atoms with Crippen LogP contribution in [0.4, 0.5) is 0 Å².